The van der Waals surface area contributed by atoms with Gasteiger partial charge in [-0.2, -0.15) is 18.3 Å². The van der Waals surface area contributed by atoms with Crippen molar-refractivity contribution in [1.29, 1.82) is 0 Å². The van der Waals surface area contributed by atoms with Crippen molar-refractivity contribution in [3.05, 3.63) is 42.0 Å². The fraction of sp³-hybridized carbons (Fsp3) is 0.200. The number of hydrogen-bond donors (Lipinski definition) is 1. The summed E-state index contributed by atoms with van der Waals surface area (Å²) in [4.78, 5) is 3.83. The second kappa shape index (κ2) is 4.17. The van der Waals surface area contributed by atoms with E-state index in [9.17, 15) is 13.2 Å². The first kappa shape index (κ1) is 11.6. The van der Waals surface area contributed by atoms with E-state index in [1.165, 1.54) is 24.5 Å². The summed E-state index contributed by atoms with van der Waals surface area (Å²) in [6.45, 7) is -0.277. The third kappa shape index (κ3) is 2.44. The van der Waals surface area contributed by atoms with Crippen LogP contribution in [0.2, 0.25) is 0 Å². The maximum Gasteiger partial charge on any atom is 0.435 e. The van der Waals surface area contributed by atoms with Gasteiger partial charge in [-0.25, -0.2) is 4.68 Å². The van der Waals surface area contributed by atoms with Gasteiger partial charge in [-0.15, -0.1) is 0 Å². The zero-order valence-corrected chi connectivity index (χ0v) is 8.52. The standard InChI is InChI=1S/C10H8F3N3O/c11-10(12,13)9-2-4-16(15-9)8-1-3-14-7(5-8)6-17/h1-5,17H,6H2. The summed E-state index contributed by atoms with van der Waals surface area (Å²) in [5.41, 5.74) is -0.175. The minimum Gasteiger partial charge on any atom is -0.390 e. The van der Waals surface area contributed by atoms with Crippen molar-refractivity contribution in [3.63, 3.8) is 0 Å². The fourth-order valence-electron chi connectivity index (χ4n) is 1.31. The normalized spacial score (nSPS) is 11.8. The molecule has 0 aliphatic rings. The lowest BCUT2D eigenvalue weighted by molar-refractivity contribution is -0.141. The van der Waals surface area contributed by atoms with Gasteiger partial charge in [0.05, 0.1) is 18.0 Å². The number of rotatable bonds is 2. The van der Waals surface area contributed by atoms with Crippen LogP contribution in [0.5, 0.6) is 0 Å². The Hall–Kier alpha value is -1.89. The topological polar surface area (TPSA) is 50.9 Å². The summed E-state index contributed by atoms with van der Waals surface area (Å²) in [5.74, 6) is 0. The molecule has 0 amide bonds. The highest BCUT2D eigenvalue weighted by Crippen LogP contribution is 2.27. The van der Waals surface area contributed by atoms with E-state index in [-0.39, 0.29) is 6.61 Å². The maximum absolute atomic E-state index is 12.3. The van der Waals surface area contributed by atoms with Crippen molar-refractivity contribution >= 4 is 0 Å². The van der Waals surface area contributed by atoms with Crippen molar-refractivity contribution in [1.82, 2.24) is 14.8 Å². The Balaban J connectivity index is 2.37. The van der Waals surface area contributed by atoms with Crippen LogP contribution in [0.3, 0.4) is 0 Å². The van der Waals surface area contributed by atoms with Crippen LogP contribution < -0.4 is 0 Å². The molecule has 0 aliphatic heterocycles. The molecule has 2 aromatic heterocycles. The Kier molecular flexibility index (Phi) is 2.84. The molecule has 90 valence electrons. The van der Waals surface area contributed by atoms with E-state index in [0.29, 0.717) is 11.4 Å². The first-order chi connectivity index (χ1) is 8.00. The molecule has 0 radical (unpaired) electrons. The summed E-state index contributed by atoms with van der Waals surface area (Å²) in [6, 6.07) is 3.86. The highest BCUT2D eigenvalue weighted by Gasteiger charge is 2.33. The van der Waals surface area contributed by atoms with Gasteiger partial charge in [0, 0.05) is 12.4 Å². The van der Waals surface area contributed by atoms with E-state index in [4.69, 9.17) is 5.11 Å². The molecular formula is C10H8F3N3O. The molecular weight excluding hydrogens is 235 g/mol. The lowest BCUT2D eigenvalue weighted by Crippen LogP contribution is -2.07. The minimum atomic E-state index is -4.46. The predicted molar refractivity (Wildman–Crippen MR) is 52.3 cm³/mol. The Bertz CT molecular complexity index is 522. The molecule has 0 fully saturated rings. The van der Waals surface area contributed by atoms with Crippen molar-refractivity contribution in [2.75, 3.05) is 0 Å². The molecule has 17 heavy (non-hydrogen) atoms. The van der Waals surface area contributed by atoms with E-state index in [1.807, 2.05) is 0 Å². The van der Waals surface area contributed by atoms with E-state index < -0.39 is 11.9 Å². The molecule has 0 unspecified atom stereocenters. The quantitative estimate of drug-likeness (QED) is 0.874. The number of aromatic nitrogens is 3. The van der Waals surface area contributed by atoms with Crippen molar-refractivity contribution in [2.45, 2.75) is 12.8 Å². The number of halogens is 3. The molecule has 0 spiro atoms. The largest absolute Gasteiger partial charge is 0.435 e. The Morgan fingerprint density at radius 1 is 1.29 bits per heavy atom. The zero-order valence-electron chi connectivity index (χ0n) is 8.52. The van der Waals surface area contributed by atoms with Gasteiger partial charge in [0.2, 0.25) is 0 Å². The Morgan fingerprint density at radius 3 is 2.65 bits per heavy atom. The third-order valence-corrected chi connectivity index (χ3v) is 2.11. The number of aliphatic hydroxyl groups is 1. The van der Waals surface area contributed by atoms with Crippen LogP contribution in [-0.4, -0.2) is 19.9 Å². The van der Waals surface area contributed by atoms with E-state index in [1.54, 1.807) is 0 Å². The molecule has 0 saturated carbocycles. The molecule has 1 N–H and O–H groups in total. The van der Waals surface area contributed by atoms with Gasteiger partial charge < -0.3 is 5.11 Å². The maximum atomic E-state index is 12.3. The lowest BCUT2D eigenvalue weighted by Gasteiger charge is -2.03. The van der Waals surface area contributed by atoms with Crippen LogP contribution >= 0.6 is 0 Å². The summed E-state index contributed by atoms with van der Waals surface area (Å²) in [5, 5.41) is 12.3. The molecule has 0 bridgehead atoms. The smallest absolute Gasteiger partial charge is 0.390 e. The minimum absolute atomic E-state index is 0.277. The van der Waals surface area contributed by atoms with E-state index >= 15 is 0 Å². The van der Waals surface area contributed by atoms with Crippen LogP contribution in [0, 0.1) is 0 Å². The summed E-state index contributed by atoms with van der Waals surface area (Å²) in [7, 11) is 0. The number of aliphatic hydroxyl groups excluding tert-OH is 1. The van der Waals surface area contributed by atoms with Crippen molar-refractivity contribution in [2.24, 2.45) is 0 Å². The molecule has 2 heterocycles. The van der Waals surface area contributed by atoms with Crippen LogP contribution in [0.15, 0.2) is 30.6 Å². The summed E-state index contributed by atoms with van der Waals surface area (Å²) < 4.78 is 38.1. The van der Waals surface area contributed by atoms with Crippen molar-refractivity contribution < 1.29 is 18.3 Å². The number of alkyl halides is 3. The summed E-state index contributed by atoms with van der Waals surface area (Å²) >= 11 is 0. The molecule has 0 atom stereocenters. The highest BCUT2D eigenvalue weighted by molar-refractivity contribution is 5.31. The molecule has 7 heteroatoms. The van der Waals surface area contributed by atoms with Gasteiger partial charge in [0.25, 0.3) is 0 Å². The first-order valence-electron chi connectivity index (χ1n) is 4.70. The van der Waals surface area contributed by atoms with Gasteiger partial charge >= 0.3 is 6.18 Å². The Morgan fingerprint density at radius 2 is 2.06 bits per heavy atom. The SMILES string of the molecule is OCc1cc(-n2ccc(C(F)(F)F)n2)ccn1. The second-order valence-corrected chi connectivity index (χ2v) is 3.31. The van der Waals surface area contributed by atoms with Gasteiger partial charge in [-0.1, -0.05) is 0 Å². The zero-order chi connectivity index (χ0) is 12.5. The summed E-state index contributed by atoms with van der Waals surface area (Å²) in [6.07, 6.45) is -1.85. The average molecular weight is 243 g/mol. The molecule has 0 aromatic carbocycles. The molecule has 0 aliphatic carbocycles. The van der Waals surface area contributed by atoms with Crippen LogP contribution in [-0.2, 0) is 12.8 Å². The van der Waals surface area contributed by atoms with Crippen molar-refractivity contribution in [3.8, 4) is 5.69 Å². The van der Waals surface area contributed by atoms with Gasteiger partial charge in [0.1, 0.15) is 0 Å². The van der Waals surface area contributed by atoms with E-state index in [2.05, 4.69) is 10.1 Å². The first-order valence-corrected chi connectivity index (χ1v) is 4.70. The lowest BCUT2D eigenvalue weighted by atomic mass is 10.3. The average Bonchev–Trinajstić information content (AvgIpc) is 2.78. The highest BCUT2D eigenvalue weighted by atomic mass is 19.4. The molecule has 2 rings (SSSR count). The number of hydrogen-bond acceptors (Lipinski definition) is 3. The van der Waals surface area contributed by atoms with Crippen LogP contribution in [0.1, 0.15) is 11.4 Å². The monoisotopic (exact) mass is 243 g/mol. The predicted octanol–water partition coefficient (Wildman–Crippen LogP) is 1.78. The molecule has 4 nitrogen and oxygen atoms in total. The van der Waals surface area contributed by atoms with Crippen LogP contribution in [0.25, 0.3) is 5.69 Å². The van der Waals surface area contributed by atoms with Gasteiger partial charge in [-0.05, 0) is 18.2 Å². The second-order valence-electron chi connectivity index (χ2n) is 3.31. The van der Waals surface area contributed by atoms with Gasteiger partial charge in [-0.3, -0.25) is 4.98 Å². The molecule has 0 saturated heterocycles. The van der Waals surface area contributed by atoms with Crippen LogP contribution in [0.4, 0.5) is 13.2 Å². The molecule has 2 aromatic rings. The number of nitrogens with zero attached hydrogens (tertiary/aromatic N) is 3. The van der Waals surface area contributed by atoms with Gasteiger partial charge in [0.15, 0.2) is 5.69 Å². The Labute approximate surface area is 94.3 Å². The van der Waals surface area contributed by atoms with E-state index in [0.717, 1.165) is 10.7 Å². The fourth-order valence-corrected chi connectivity index (χ4v) is 1.31. The number of pyridine rings is 1. The third-order valence-electron chi connectivity index (χ3n) is 2.11.